The van der Waals surface area contributed by atoms with Crippen molar-refractivity contribution in [1.82, 2.24) is 10.2 Å². The molecule has 0 spiro atoms. The molecule has 0 fully saturated rings. The predicted octanol–water partition coefficient (Wildman–Crippen LogP) is 0.892. The normalized spacial score (nSPS) is 12.1. The van der Waals surface area contributed by atoms with Gasteiger partial charge in [0.15, 0.2) is 11.5 Å². The highest BCUT2D eigenvalue weighted by Gasteiger charge is 2.17. The summed E-state index contributed by atoms with van der Waals surface area (Å²) in [7, 11) is 0. The number of phenols is 2. The smallest absolute Gasteiger partial charge is 0.242 e. The minimum absolute atomic E-state index is 0.207. The van der Waals surface area contributed by atoms with Gasteiger partial charge in [-0.05, 0) is 30.5 Å². The molecule has 7 heteroatoms. The lowest BCUT2D eigenvalue weighted by Gasteiger charge is -2.12. The third kappa shape index (κ3) is 3.51. The number of nitrogens with zero attached hydrogens (tertiary/aromatic N) is 1. The number of benzene rings is 1. The van der Waals surface area contributed by atoms with Crippen LogP contribution < -0.4 is 11.1 Å². The van der Waals surface area contributed by atoms with E-state index in [1.807, 2.05) is 6.92 Å². The van der Waals surface area contributed by atoms with Gasteiger partial charge in [-0.1, -0.05) is 13.0 Å². The first-order valence-corrected chi connectivity index (χ1v) is 6.60. The van der Waals surface area contributed by atoms with Gasteiger partial charge >= 0.3 is 0 Å². The Morgan fingerprint density at radius 3 is 2.86 bits per heavy atom. The van der Waals surface area contributed by atoms with Crippen LogP contribution in [0.25, 0.3) is 0 Å². The van der Waals surface area contributed by atoms with E-state index in [-0.39, 0.29) is 23.8 Å². The molecular formula is C14H18N4O3. The Bertz CT molecular complexity index is 639. The van der Waals surface area contributed by atoms with E-state index in [0.29, 0.717) is 11.4 Å². The predicted molar refractivity (Wildman–Crippen MR) is 78.0 cm³/mol. The molecule has 0 unspecified atom stereocenters. The van der Waals surface area contributed by atoms with Crippen LogP contribution in [0.3, 0.4) is 0 Å². The monoisotopic (exact) mass is 290 g/mol. The van der Waals surface area contributed by atoms with Crippen LogP contribution in [0.5, 0.6) is 11.5 Å². The van der Waals surface area contributed by atoms with Crippen LogP contribution in [-0.2, 0) is 17.6 Å². The largest absolute Gasteiger partial charge is 0.504 e. The van der Waals surface area contributed by atoms with Gasteiger partial charge in [0.2, 0.25) is 5.91 Å². The van der Waals surface area contributed by atoms with E-state index < -0.39 is 6.04 Å². The van der Waals surface area contributed by atoms with Crippen molar-refractivity contribution in [3.63, 3.8) is 0 Å². The summed E-state index contributed by atoms with van der Waals surface area (Å²) < 4.78 is 0. The van der Waals surface area contributed by atoms with Gasteiger partial charge in [0, 0.05) is 5.56 Å². The molecule has 1 aromatic carbocycles. The number of aromatic amines is 1. The van der Waals surface area contributed by atoms with Crippen LogP contribution in [-0.4, -0.2) is 32.4 Å². The number of hydrogen-bond acceptors (Lipinski definition) is 5. The van der Waals surface area contributed by atoms with Crippen molar-refractivity contribution >= 4 is 11.7 Å². The van der Waals surface area contributed by atoms with E-state index >= 15 is 0 Å². The molecule has 2 rings (SSSR count). The Balaban J connectivity index is 2.00. The number of carbonyl (C=O) groups is 1. The molecule has 0 aliphatic rings. The molecule has 6 N–H and O–H groups in total. The molecule has 0 bridgehead atoms. The van der Waals surface area contributed by atoms with Crippen LogP contribution in [0.2, 0.25) is 0 Å². The summed E-state index contributed by atoms with van der Waals surface area (Å²) in [6, 6.07) is 3.58. The topological polar surface area (TPSA) is 124 Å². The number of nitrogens with two attached hydrogens (primary N) is 1. The number of rotatable bonds is 5. The van der Waals surface area contributed by atoms with Gasteiger partial charge in [0.05, 0.1) is 12.2 Å². The summed E-state index contributed by atoms with van der Waals surface area (Å²) in [6.45, 7) is 1.96. The molecule has 1 atom stereocenters. The van der Waals surface area contributed by atoms with Gasteiger partial charge in [-0.15, -0.1) is 0 Å². The first-order valence-electron chi connectivity index (χ1n) is 6.60. The second kappa shape index (κ2) is 6.27. The van der Waals surface area contributed by atoms with Crippen molar-refractivity contribution in [2.24, 2.45) is 5.73 Å². The third-order valence-corrected chi connectivity index (χ3v) is 3.18. The zero-order valence-corrected chi connectivity index (χ0v) is 11.6. The number of aromatic nitrogens is 2. The van der Waals surface area contributed by atoms with Crippen LogP contribution in [0.1, 0.15) is 18.1 Å². The molecule has 0 saturated heterocycles. The van der Waals surface area contributed by atoms with Crippen LogP contribution >= 0.6 is 0 Å². The van der Waals surface area contributed by atoms with Crippen molar-refractivity contribution in [3.05, 3.63) is 35.5 Å². The maximum absolute atomic E-state index is 12.0. The fourth-order valence-corrected chi connectivity index (χ4v) is 1.95. The molecule has 2 aromatic rings. The van der Waals surface area contributed by atoms with Crippen molar-refractivity contribution in [3.8, 4) is 11.5 Å². The number of carbonyl (C=O) groups excluding carboxylic acids is 1. The van der Waals surface area contributed by atoms with Gasteiger partial charge in [-0.2, -0.15) is 5.10 Å². The lowest BCUT2D eigenvalue weighted by molar-refractivity contribution is -0.117. The highest BCUT2D eigenvalue weighted by molar-refractivity contribution is 5.94. The quantitative estimate of drug-likeness (QED) is 0.523. The first-order chi connectivity index (χ1) is 10.0. The van der Waals surface area contributed by atoms with E-state index in [0.717, 1.165) is 12.0 Å². The Morgan fingerprint density at radius 1 is 1.43 bits per heavy atom. The zero-order chi connectivity index (χ0) is 15.4. The second-order valence-electron chi connectivity index (χ2n) is 4.75. The van der Waals surface area contributed by atoms with E-state index in [1.165, 1.54) is 12.1 Å². The molecule has 1 aromatic heterocycles. The fraction of sp³-hybridized carbons (Fsp3) is 0.286. The second-order valence-corrected chi connectivity index (χ2v) is 4.75. The summed E-state index contributed by atoms with van der Waals surface area (Å²) in [6.07, 6.45) is 2.64. The van der Waals surface area contributed by atoms with E-state index in [2.05, 4.69) is 15.5 Å². The number of aromatic hydroxyl groups is 2. The van der Waals surface area contributed by atoms with Crippen LogP contribution in [0.4, 0.5) is 5.82 Å². The highest BCUT2D eigenvalue weighted by Crippen LogP contribution is 2.25. The first kappa shape index (κ1) is 14.9. The van der Waals surface area contributed by atoms with Gasteiger partial charge in [0.1, 0.15) is 5.82 Å². The SMILES string of the molecule is CCc1cn[nH]c1NC(=O)[C@@H](N)Cc1ccc(O)c(O)c1. The van der Waals surface area contributed by atoms with Gasteiger partial charge in [0.25, 0.3) is 0 Å². The molecule has 7 nitrogen and oxygen atoms in total. The molecule has 0 radical (unpaired) electrons. The van der Waals surface area contributed by atoms with E-state index in [9.17, 15) is 15.0 Å². The van der Waals surface area contributed by atoms with E-state index in [4.69, 9.17) is 5.73 Å². The van der Waals surface area contributed by atoms with Crippen molar-refractivity contribution in [1.29, 1.82) is 0 Å². The Morgan fingerprint density at radius 2 is 2.19 bits per heavy atom. The summed E-state index contributed by atoms with van der Waals surface area (Å²) in [5, 5.41) is 27.9. The minimum Gasteiger partial charge on any atom is -0.504 e. The number of amides is 1. The third-order valence-electron chi connectivity index (χ3n) is 3.18. The lowest BCUT2D eigenvalue weighted by Crippen LogP contribution is -2.37. The maximum Gasteiger partial charge on any atom is 0.242 e. The summed E-state index contributed by atoms with van der Waals surface area (Å²) in [5.74, 6) is -0.239. The molecule has 1 heterocycles. The number of anilines is 1. The van der Waals surface area contributed by atoms with Gasteiger partial charge < -0.3 is 21.3 Å². The number of hydrogen-bond donors (Lipinski definition) is 5. The average Bonchev–Trinajstić information content (AvgIpc) is 2.90. The number of nitrogens with one attached hydrogen (secondary N) is 2. The molecule has 0 aliphatic heterocycles. The standard InChI is InChI=1S/C14H18N4O3/c1-2-9-7-16-18-13(9)17-14(21)10(15)5-8-3-4-11(19)12(20)6-8/h3-4,6-7,10,19-20H,2,5,15H2,1H3,(H2,16,17,18,21)/t10-/m0/s1. The van der Waals surface area contributed by atoms with E-state index in [1.54, 1.807) is 12.3 Å². The number of phenolic OH excluding ortho intramolecular Hbond substituents is 2. The Labute approximate surface area is 121 Å². The Kier molecular flexibility index (Phi) is 4.44. The minimum atomic E-state index is -0.776. The Hall–Kier alpha value is -2.54. The highest BCUT2D eigenvalue weighted by atomic mass is 16.3. The van der Waals surface area contributed by atoms with Crippen LogP contribution in [0.15, 0.2) is 24.4 Å². The number of H-pyrrole nitrogens is 1. The average molecular weight is 290 g/mol. The van der Waals surface area contributed by atoms with Crippen LogP contribution in [0, 0.1) is 0 Å². The van der Waals surface area contributed by atoms with Crippen molar-refractivity contribution < 1.29 is 15.0 Å². The lowest BCUT2D eigenvalue weighted by atomic mass is 10.1. The molecule has 112 valence electrons. The summed E-state index contributed by atoms with van der Waals surface area (Å²) in [5.41, 5.74) is 7.42. The molecule has 0 aliphatic carbocycles. The summed E-state index contributed by atoms with van der Waals surface area (Å²) >= 11 is 0. The van der Waals surface area contributed by atoms with Gasteiger partial charge in [-0.25, -0.2) is 0 Å². The van der Waals surface area contributed by atoms with Crippen molar-refractivity contribution in [2.45, 2.75) is 25.8 Å². The van der Waals surface area contributed by atoms with Crippen molar-refractivity contribution in [2.75, 3.05) is 5.32 Å². The maximum atomic E-state index is 12.0. The number of aryl methyl sites for hydroxylation is 1. The molecule has 21 heavy (non-hydrogen) atoms. The molecular weight excluding hydrogens is 272 g/mol. The molecule has 0 saturated carbocycles. The van der Waals surface area contributed by atoms with Gasteiger partial charge in [-0.3, -0.25) is 9.89 Å². The zero-order valence-electron chi connectivity index (χ0n) is 11.6. The fourth-order valence-electron chi connectivity index (χ4n) is 1.95. The summed E-state index contributed by atoms with van der Waals surface area (Å²) in [4.78, 5) is 12.0. The molecule has 1 amide bonds.